The van der Waals surface area contributed by atoms with Crippen molar-refractivity contribution in [3.05, 3.63) is 59.2 Å². The Morgan fingerprint density at radius 2 is 1.81 bits per heavy atom. The average Bonchev–Trinajstić information content (AvgIpc) is 2.40. The van der Waals surface area contributed by atoms with Gasteiger partial charge in [0.25, 0.3) is 5.91 Å². The molecule has 0 saturated heterocycles. The first-order chi connectivity index (χ1) is 9.79. The van der Waals surface area contributed by atoms with Gasteiger partial charge in [-0.25, -0.2) is 0 Å². The predicted octanol–water partition coefficient (Wildman–Crippen LogP) is 3.85. The lowest BCUT2D eigenvalue weighted by Crippen LogP contribution is -2.16. The van der Waals surface area contributed by atoms with Crippen molar-refractivity contribution in [3.63, 3.8) is 0 Å². The van der Waals surface area contributed by atoms with E-state index < -0.39 is 17.6 Å². The molecule has 3 N–H and O–H groups in total. The summed E-state index contributed by atoms with van der Waals surface area (Å²) in [6, 6.07) is 9.64. The third-order valence-electron chi connectivity index (χ3n) is 3.02. The molecule has 110 valence electrons. The summed E-state index contributed by atoms with van der Waals surface area (Å²) in [6.45, 7) is 1.78. The van der Waals surface area contributed by atoms with Gasteiger partial charge in [0.1, 0.15) is 0 Å². The highest BCUT2D eigenvalue weighted by Gasteiger charge is 2.31. The monoisotopic (exact) mass is 294 g/mol. The van der Waals surface area contributed by atoms with Crippen molar-refractivity contribution in [2.24, 2.45) is 0 Å². The van der Waals surface area contributed by atoms with Gasteiger partial charge in [-0.15, -0.1) is 0 Å². The molecule has 0 bridgehead atoms. The molecule has 0 aliphatic heterocycles. The first-order valence-corrected chi connectivity index (χ1v) is 6.13. The van der Waals surface area contributed by atoms with Crippen LogP contribution in [-0.2, 0) is 6.18 Å². The third kappa shape index (κ3) is 3.34. The van der Waals surface area contributed by atoms with Gasteiger partial charge in [0.15, 0.2) is 0 Å². The quantitative estimate of drug-likeness (QED) is 0.827. The lowest BCUT2D eigenvalue weighted by Gasteiger charge is -2.12. The van der Waals surface area contributed by atoms with Crippen LogP contribution in [0.25, 0.3) is 0 Å². The van der Waals surface area contributed by atoms with E-state index in [2.05, 4.69) is 5.32 Å². The number of alkyl halides is 3. The van der Waals surface area contributed by atoms with Crippen molar-refractivity contribution in [2.75, 3.05) is 11.1 Å². The maximum atomic E-state index is 12.7. The number of carbonyl (C=O) groups is 1. The smallest absolute Gasteiger partial charge is 0.398 e. The van der Waals surface area contributed by atoms with Gasteiger partial charge in [-0.1, -0.05) is 18.2 Å². The number of nitrogens with two attached hydrogens (primary N) is 1. The second-order valence-electron chi connectivity index (χ2n) is 4.57. The highest BCUT2D eigenvalue weighted by molar-refractivity contribution is 6.08. The summed E-state index contributed by atoms with van der Waals surface area (Å²) >= 11 is 0. The van der Waals surface area contributed by atoms with Crippen LogP contribution in [0.15, 0.2) is 42.5 Å². The SMILES string of the molecule is Cc1ccccc1NC(=O)c1cc(C(F)(F)F)ccc1N. The number of hydrogen-bond acceptors (Lipinski definition) is 2. The number of aryl methyl sites for hydroxylation is 1. The number of para-hydroxylation sites is 1. The minimum absolute atomic E-state index is 0.00548. The van der Waals surface area contributed by atoms with E-state index in [9.17, 15) is 18.0 Å². The van der Waals surface area contributed by atoms with Gasteiger partial charge in [-0.3, -0.25) is 4.79 Å². The van der Waals surface area contributed by atoms with Crippen molar-refractivity contribution in [2.45, 2.75) is 13.1 Å². The molecule has 0 saturated carbocycles. The minimum atomic E-state index is -4.52. The Morgan fingerprint density at radius 1 is 1.14 bits per heavy atom. The zero-order valence-electron chi connectivity index (χ0n) is 11.2. The molecule has 0 unspecified atom stereocenters. The molecule has 0 spiro atoms. The zero-order chi connectivity index (χ0) is 15.6. The van der Waals surface area contributed by atoms with Gasteiger partial charge in [0.05, 0.1) is 11.1 Å². The molecule has 0 aliphatic rings. The number of nitrogen functional groups attached to an aromatic ring is 1. The van der Waals surface area contributed by atoms with E-state index in [-0.39, 0.29) is 11.3 Å². The second-order valence-corrected chi connectivity index (χ2v) is 4.57. The van der Waals surface area contributed by atoms with Crippen LogP contribution >= 0.6 is 0 Å². The average molecular weight is 294 g/mol. The Morgan fingerprint density at radius 3 is 2.43 bits per heavy atom. The molecule has 2 aromatic rings. The molecule has 0 aromatic heterocycles. The number of hydrogen-bond donors (Lipinski definition) is 2. The lowest BCUT2D eigenvalue weighted by atomic mass is 10.1. The van der Waals surface area contributed by atoms with Crippen LogP contribution in [0.2, 0.25) is 0 Å². The number of carbonyl (C=O) groups excluding carboxylic acids is 1. The zero-order valence-corrected chi connectivity index (χ0v) is 11.2. The summed E-state index contributed by atoms with van der Waals surface area (Å²) in [5.74, 6) is -0.673. The molecule has 6 heteroatoms. The van der Waals surface area contributed by atoms with Crippen LogP contribution in [0.3, 0.4) is 0 Å². The fourth-order valence-corrected chi connectivity index (χ4v) is 1.83. The largest absolute Gasteiger partial charge is 0.416 e. The summed E-state index contributed by atoms with van der Waals surface area (Å²) in [5.41, 5.74) is 5.81. The van der Waals surface area contributed by atoms with Crippen LogP contribution in [-0.4, -0.2) is 5.91 Å². The summed E-state index contributed by atoms with van der Waals surface area (Å²) in [5, 5.41) is 2.56. The lowest BCUT2D eigenvalue weighted by molar-refractivity contribution is -0.137. The molecular formula is C15H13F3N2O. The van der Waals surface area contributed by atoms with E-state index in [1.807, 2.05) is 0 Å². The highest BCUT2D eigenvalue weighted by atomic mass is 19.4. The first-order valence-electron chi connectivity index (χ1n) is 6.13. The Labute approximate surface area is 119 Å². The van der Waals surface area contributed by atoms with Crippen molar-refractivity contribution in [1.82, 2.24) is 0 Å². The Hall–Kier alpha value is -2.50. The number of anilines is 2. The van der Waals surface area contributed by atoms with Gasteiger partial charge in [-0.2, -0.15) is 13.2 Å². The molecule has 0 fully saturated rings. The van der Waals surface area contributed by atoms with E-state index in [4.69, 9.17) is 5.73 Å². The van der Waals surface area contributed by atoms with Gasteiger partial charge in [-0.05, 0) is 36.8 Å². The molecule has 21 heavy (non-hydrogen) atoms. The number of nitrogens with one attached hydrogen (secondary N) is 1. The van der Waals surface area contributed by atoms with Crippen molar-refractivity contribution in [1.29, 1.82) is 0 Å². The first kappa shape index (κ1) is 14.9. The standard InChI is InChI=1S/C15H13F3N2O/c1-9-4-2-3-5-13(9)20-14(21)11-8-10(15(16,17)18)6-7-12(11)19/h2-8H,19H2,1H3,(H,20,21). The highest BCUT2D eigenvalue weighted by Crippen LogP contribution is 2.31. The summed E-state index contributed by atoms with van der Waals surface area (Å²) in [6.07, 6.45) is -4.52. The van der Waals surface area contributed by atoms with Crippen LogP contribution < -0.4 is 11.1 Å². The van der Waals surface area contributed by atoms with E-state index in [1.54, 1.807) is 31.2 Å². The van der Waals surface area contributed by atoms with Crippen molar-refractivity contribution >= 4 is 17.3 Å². The molecular weight excluding hydrogens is 281 g/mol. The molecule has 2 aromatic carbocycles. The number of rotatable bonds is 2. The van der Waals surface area contributed by atoms with E-state index >= 15 is 0 Å². The molecule has 0 radical (unpaired) electrons. The second kappa shape index (κ2) is 5.47. The van der Waals surface area contributed by atoms with Crippen LogP contribution in [0, 0.1) is 6.92 Å². The van der Waals surface area contributed by atoms with E-state index in [0.29, 0.717) is 5.69 Å². The van der Waals surface area contributed by atoms with Crippen LogP contribution in [0.5, 0.6) is 0 Å². The summed E-state index contributed by atoms with van der Waals surface area (Å²) < 4.78 is 38.0. The molecule has 3 nitrogen and oxygen atoms in total. The van der Waals surface area contributed by atoms with E-state index in [0.717, 1.165) is 23.8 Å². The maximum absolute atomic E-state index is 12.7. The number of benzene rings is 2. The fourth-order valence-electron chi connectivity index (χ4n) is 1.83. The van der Waals surface area contributed by atoms with Gasteiger partial charge in [0, 0.05) is 11.4 Å². The number of halogens is 3. The van der Waals surface area contributed by atoms with Crippen molar-refractivity contribution in [3.8, 4) is 0 Å². The molecule has 0 heterocycles. The minimum Gasteiger partial charge on any atom is -0.398 e. The molecule has 0 atom stereocenters. The van der Waals surface area contributed by atoms with Gasteiger partial charge >= 0.3 is 6.18 Å². The third-order valence-corrected chi connectivity index (χ3v) is 3.02. The normalized spacial score (nSPS) is 11.2. The maximum Gasteiger partial charge on any atom is 0.416 e. The van der Waals surface area contributed by atoms with Crippen molar-refractivity contribution < 1.29 is 18.0 Å². The molecule has 1 amide bonds. The predicted molar refractivity (Wildman–Crippen MR) is 75.0 cm³/mol. The molecule has 0 aliphatic carbocycles. The summed E-state index contributed by atoms with van der Waals surface area (Å²) in [7, 11) is 0. The van der Waals surface area contributed by atoms with Crippen LogP contribution in [0.4, 0.5) is 24.5 Å². The Bertz CT molecular complexity index is 681. The topological polar surface area (TPSA) is 55.1 Å². The Balaban J connectivity index is 2.33. The van der Waals surface area contributed by atoms with E-state index in [1.165, 1.54) is 0 Å². The number of amides is 1. The van der Waals surface area contributed by atoms with Gasteiger partial charge < -0.3 is 11.1 Å². The van der Waals surface area contributed by atoms with Crippen LogP contribution in [0.1, 0.15) is 21.5 Å². The Kier molecular flexibility index (Phi) is 3.88. The van der Waals surface area contributed by atoms with Gasteiger partial charge in [0.2, 0.25) is 0 Å². The fraction of sp³-hybridized carbons (Fsp3) is 0.133. The summed E-state index contributed by atoms with van der Waals surface area (Å²) in [4.78, 5) is 12.1. The molecule has 2 rings (SSSR count).